The Morgan fingerprint density at radius 2 is 1.72 bits per heavy atom. The predicted octanol–water partition coefficient (Wildman–Crippen LogP) is 1.62. The molecule has 0 atom stereocenters. The Morgan fingerprint density at radius 3 is 2.36 bits per heavy atom. The van der Waals surface area contributed by atoms with Gasteiger partial charge in [0.1, 0.15) is 5.69 Å². The zero-order valence-corrected chi connectivity index (χ0v) is 14.1. The van der Waals surface area contributed by atoms with E-state index in [-0.39, 0.29) is 11.5 Å². The van der Waals surface area contributed by atoms with Gasteiger partial charge < -0.3 is 18.9 Å². The summed E-state index contributed by atoms with van der Waals surface area (Å²) in [5, 5.41) is 0. The minimum absolute atomic E-state index is 0.0814. The van der Waals surface area contributed by atoms with E-state index in [1.54, 1.807) is 11.9 Å². The average molecular weight is 344 g/mol. The van der Waals surface area contributed by atoms with E-state index < -0.39 is 11.4 Å². The van der Waals surface area contributed by atoms with E-state index in [0.29, 0.717) is 44.8 Å². The lowest BCUT2D eigenvalue weighted by Gasteiger charge is -2.37. The minimum Gasteiger partial charge on any atom is -0.347 e. The molecule has 0 saturated carbocycles. The fraction of sp³-hybridized carbons (Fsp3) is 0.444. The van der Waals surface area contributed by atoms with Crippen LogP contribution in [0.2, 0.25) is 0 Å². The van der Waals surface area contributed by atoms with Crippen molar-refractivity contribution < 1.29 is 18.8 Å². The molecule has 0 bridgehead atoms. The topological polar surface area (TPSA) is 73.9 Å². The molecule has 1 spiro atoms. The van der Waals surface area contributed by atoms with Gasteiger partial charge in [0.2, 0.25) is 0 Å². The number of hydrogen-bond donors (Lipinski definition) is 0. The summed E-state index contributed by atoms with van der Waals surface area (Å²) in [6.07, 6.45) is 1.22. The average Bonchev–Trinajstić information content (AvgIpc) is 3.19. The molecule has 1 amide bonds. The van der Waals surface area contributed by atoms with Gasteiger partial charge in [-0.05, 0) is 0 Å². The summed E-state index contributed by atoms with van der Waals surface area (Å²) < 4.78 is 17.9. The Bertz CT molecular complexity index is 823. The molecule has 1 aromatic carbocycles. The quantitative estimate of drug-likeness (QED) is 0.828. The number of likely N-dealkylation sites (tertiary alicyclic amines) is 1. The molecule has 3 heterocycles. The standard InChI is InChI=1S/C18H20N2O5/c1-19-15(13-5-3-2-4-6-13)14(17(22)25-19)16(21)20-9-7-18(8-10-20)23-11-12-24-18/h2-6H,7-12H2,1H3. The molecular weight excluding hydrogens is 324 g/mol. The van der Waals surface area contributed by atoms with Crippen molar-refractivity contribution in [2.24, 2.45) is 7.05 Å². The van der Waals surface area contributed by atoms with Crippen LogP contribution in [-0.2, 0) is 16.5 Å². The maximum atomic E-state index is 13.0. The molecular formula is C18H20N2O5. The number of aromatic nitrogens is 1. The second kappa shape index (κ2) is 6.16. The number of rotatable bonds is 2. The molecule has 2 aliphatic heterocycles. The van der Waals surface area contributed by atoms with Crippen molar-refractivity contribution in [3.8, 4) is 11.3 Å². The van der Waals surface area contributed by atoms with Crippen molar-refractivity contribution in [1.82, 2.24) is 9.64 Å². The molecule has 7 heteroatoms. The molecule has 0 unspecified atom stereocenters. The fourth-order valence-corrected chi connectivity index (χ4v) is 3.57. The highest BCUT2D eigenvalue weighted by atomic mass is 16.7. The normalized spacial score (nSPS) is 19.5. The van der Waals surface area contributed by atoms with Crippen molar-refractivity contribution >= 4 is 5.91 Å². The van der Waals surface area contributed by atoms with Crippen molar-refractivity contribution in [3.05, 3.63) is 46.3 Å². The van der Waals surface area contributed by atoms with Crippen LogP contribution in [0, 0.1) is 0 Å². The van der Waals surface area contributed by atoms with Crippen LogP contribution in [0.25, 0.3) is 11.3 Å². The summed E-state index contributed by atoms with van der Waals surface area (Å²) in [4.78, 5) is 27.0. The molecule has 2 aromatic rings. The number of nitrogens with zero attached hydrogens (tertiary/aromatic N) is 2. The molecule has 132 valence electrons. The van der Waals surface area contributed by atoms with Gasteiger partial charge in [-0.25, -0.2) is 9.53 Å². The number of ether oxygens (including phenoxy) is 2. The molecule has 0 aliphatic carbocycles. The third kappa shape index (κ3) is 2.79. The van der Waals surface area contributed by atoms with Crippen LogP contribution >= 0.6 is 0 Å². The van der Waals surface area contributed by atoms with Crippen LogP contribution in [0.5, 0.6) is 0 Å². The zero-order chi connectivity index (χ0) is 17.4. The van der Waals surface area contributed by atoms with Gasteiger partial charge in [-0.2, -0.15) is 0 Å². The summed E-state index contributed by atoms with van der Waals surface area (Å²) in [5.74, 6) is -0.860. The van der Waals surface area contributed by atoms with Crippen LogP contribution in [0.3, 0.4) is 0 Å². The molecule has 2 fully saturated rings. The SMILES string of the molecule is Cn1oc(=O)c(C(=O)N2CCC3(CC2)OCCO3)c1-c1ccccc1. The van der Waals surface area contributed by atoms with Gasteiger partial charge in [-0.1, -0.05) is 30.3 Å². The molecule has 25 heavy (non-hydrogen) atoms. The second-order valence-corrected chi connectivity index (χ2v) is 6.37. The van der Waals surface area contributed by atoms with Gasteiger partial charge in [-0.3, -0.25) is 4.79 Å². The van der Waals surface area contributed by atoms with Crippen LogP contribution < -0.4 is 5.63 Å². The van der Waals surface area contributed by atoms with Crippen molar-refractivity contribution in [1.29, 1.82) is 0 Å². The molecule has 2 saturated heterocycles. The Balaban J connectivity index is 1.62. The Hall–Kier alpha value is -2.38. The first-order chi connectivity index (χ1) is 12.1. The van der Waals surface area contributed by atoms with Gasteiger partial charge in [0, 0.05) is 38.5 Å². The van der Waals surface area contributed by atoms with Crippen molar-refractivity contribution in [2.45, 2.75) is 18.6 Å². The van der Waals surface area contributed by atoms with E-state index in [0.717, 1.165) is 5.56 Å². The number of hydrogen-bond acceptors (Lipinski definition) is 5. The lowest BCUT2D eigenvalue weighted by atomic mass is 10.0. The number of benzene rings is 1. The number of carbonyl (C=O) groups is 1. The summed E-state index contributed by atoms with van der Waals surface area (Å²) in [7, 11) is 1.63. The van der Waals surface area contributed by atoms with Gasteiger partial charge in [0.05, 0.1) is 13.2 Å². The second-order valence-electron chi connectivity index (χ2n) is 6.37. The first-order valence-corrected chi connectivity index (χ1v) is 8.43. The smallest absolute Gasteiger partial charge is 0.347 e. The number of piperidine rings is 1. The summed E-state index contributed by atoms with van der Waals surface area (Å²) >= 11 is 0. The van der Waals surface area contributed by atoms with Gasteiger partial charge >= 0.3 is 5.63 Å². The molecule has 7 nitrogen and oxygen atoms in total. The highest BCUT2D eigenvalue weighted by Gasteiger charge is 2.41. The van der Waals surface area contributed by atoms with Crippen LogP contribution in [0.15, 0.2) is 39.6 Å². The first-order valence-electron chi connectivity index (χ1n) is 8.43. The maximum Gasteiger partial charge on any atom is 0.370 e. The lowest BCUT2D eigenvalue weighted by Crippen LogP contribution is -2.48. The number of aryl methyl sites for hydroxylation is 1. The zero-order valence-electron chi connectivity index (χ0n) is 14.1. The Labute approximate surface area is 144 Å². The van der Waals surface area contributed by atoms with Gasteiger partial charge in [0.25, 0.3) is 5.91 Å². The van der Waals surface area contributed by atoms with E-state index in [4.69, 9.17) is 14.0 Å². The van der Waals surface area contributed by atoms with Crippen molar-refractivity contribution in [2.75, 3.05) is 26.3 Å². The fourth-order valence-electron chi connectivity index (χ4n) is 3.57. The molecule has 2 aliphatic rings. The van der Waals surface area contributed by atoms with Crippen LogP contribution in [0.1, 0.15) is 23.2 Å². The Morgan fingerprint density at radius 1 is 1.08 bits per heavy atom. The number of carbonyl (C=O) groups excluding carboxylic acids is 1. The molecule has 4 rings (SSSR count). The minimum atomic E-state index is -0.611. The van der Waals surface area contributed by atoms with E-state index in [2.05, 4.69) is 0 Å². The third-order valence-electron chi connectivity index (χ3n) is 4.86. The third-order valence-corrected chi connectivity index (χ3v) is 4.86. The largest absolute Gasteiger partial charge is 0.370 e. The highest BCUT2D eigenvalue weighted by Crippen LogP contribution is 2.32. The first kappa shape index (κ1) is 16.1. The van der Waals surface area contributed by atoms with Gasteiger partial charge in [0.15, 0.2) is 11.4 Å². The van der Waals surface area contributed by atoms with Crippen molar-refractivity contribution in [3.63, 3.8) is 0 Å². The van der Waals surface area contributed by atoms with Gasteiger partial charge in [-0.15, -0.1) is 0 Å². The monoisotopic (exact) mass is 344 g/mol. The van der Waals surface area contributed by atoms with Crippen LogP contribution in [-0.4, -0.2) is 47.6 Å². The lowest BCUT2D eigenvalue weighted by molar-refractivity contribution is -0.181. The summed E-state index contributed by atoms with van der Waals surface area (Å²) in [6, 6.07) is 9.31. The van der Waals surface area contributed by atoms with E-state index in [1.165, 1.54) is 4.74 Å². The van der Waals surface area contributed by atoms with Crippen LogP contribution in [0.4, 0.5) is 0 Å². The highest BCUT2D eigenvalue weighted by molar-refractivity contribution is 5.99. The number of amides is 1. The molecule has 0 N–H and O–H groups in total. The molecule has 0 radical (unpaired) electrons. The van der Waals surface area contributed by atoms with E-state index >= 15 is 0 Å². The Kier molecular flexibility index (Phi) is 3.97. The summed E-state index contributed by atoms with van der Waals surface area (Å²) in [5.41, 5.74) is 0.748. The van der Waals surface area contributed by atoms with E-state index in [9.17, 15) is 9.59 Å². The predicted molar refractivity (Wildman–Crippen MR) is 89.2 cm³/mol. The molecule has 1 aromatic heterocycles. The summed E-state index contributed by atoms with van der Waals surface area (Å²) in [6.45, 7) is 2.16. The maximum absolute atomic E-state index is 13.0. The van der Waals surface area contributed by atoms with E-state index in [1.807, 2.05) is 30.3 Å².